The van der Waals surface area contributed by atoms with Crippen molar-refractivity contribution in [2.75, 3.05) is 0 Å². The van der Waals surface area contributed by atoms with Gasteiger partial charge in [0.25, 0.3) is 0 Å². The summed E-state index contributed by atoms with van der Waals surface area (Å²) < 4.78 is 2.61. The van der Waals surface area contributed by atoms with E-state index in [1.807, 2.05) is 16.7 Å². The van der Waals surface area contributed by atoms with Crippen molar-refractivity contribution in [3.05, 3.63) is 23.1 Å². The van der Waals surface area contributed by atoms with Gasteiger partial charge in [0, 0.05) is 19.2 Å². The Kier molecular flexibility index (Phi) is 3.53. The van der Waals surface area contributed by atoms with Crippen LogP contribution in [0.3, 0.4) is 0 Å². The van der Waals surface area contributed by atoms with Gasteiger partial charge in [-0.05, 0) is 37.2 Å². The van der Waals surface area contributed by atoms with Gasteiger partial charge in [0.15, 0.2) is 10.4 Å². The van der Waals surface area contributed by atoms with E-state index in [0.717, 1.165) is 30.6 Å². The van der Waals surface area contributed by atoms with Crippen LogP contribution >= 0.6 is 12.2 Å². The Labute approximate surface area is 104 Å². The molecule has 0 aliphatic carbocycles. The number of fused-ring (bicyclic) bond motifs is 1. The second-order valence-electron chi connectivity index (χ2n) is 3.88. The number of nitrogens with one attached hydrogen (secondary N) is 1. The number of carbonyl (C=O) groups excluding carboxylic acids is 1. The summed E-state index contributed by atoms with van der Waals surface area (Å²) in [5.41, 5.74) is 6.88. The van der Waals surface area contributed by atoms with Gasteiger partial charge in [0.2, 0.25) is 5.91 Å². The molecule has 3 N–H and O–H groups in total. The van der Waals surface area contributed by atoms with E-state index in [2.05, 4.69) is 9.97 Å². The van der Waals surface area contributed by atoms with Crippen LogP contribution in [-0.2, 0) is 11.3 Å². The topological polar surface area (TPSA) is 76.7 Å². The molecule has 0 saturated carbocycles. The van der Waals surface area contributed by atoms with Gasteiger partial charge in [0.1, 0.15) is 0 Å². The molecule has 0 fully saturated rings. The molecule has 0 aromatic carbocycles. The van der Waals surface area contributed by atoms with E-state index in [4.69, 9.17) is 18.0 Å². The van der Waals surface area contributed by atoms with Gasteiger partial charge < -0.3 is 15.3 Å². The molecule has 6 heteroatoms. The number of hydrogen-bond acceptors (Lipinski definition) is 3. The SMILES string of the molecule is NC(=O)CCCCn1c(=S)[nH]c2cccnc21. The van der Waals surface area contributed by atoms with E-state index in [0.29, 0.717) is 11.2 Å². The van der Waals surface area contributed by atoms with Crippen LogP contribution in [0.5, 0.6) is 0 Å². The Hall–Kier alpha value is -1.69. The van der Waals surface area contributed by atoms with Gasteiger partial charge in [-0.25, -0.2) is 4.98 Å². The van der Waals surface area contributed by atoms with Crippen LogP contribution in [0.15, 0.2) is 18.3 Å². The number of pyridine rings is 1. The van der Waals surface area contributed by atoms with Crippen molar-refractivity contribution in [2.24, 2.45) is 5.73 Å². The highest BCUT2D eigenvalue weighted by atomic mass is 32.1. The number of nitrogens with two attached hydrogens (primary N) is 1. The molecule has 0 spiro atoms. The van der Waals surface area contributed by atoms with Gasteiger partial charge in [-0.2, -0.15) is 0 Å². The van der Waals surface area contributed by atoms with Crippen molar-refractivity contribution in [3.8, 4) is 0 Å². The summed E-state index contributed by atoms with van der Waals surface area (Å²) in [5, 5.41) is 0. The van der Waals surface area contributed by atoms with Gasteiger partial charge in [-0.1, -0.05) is 0 Å². The van der Waals surface area contributed by atoms with Gasteiger partial charge in [-0.15, -0.1) is 0 Å². The van der Waals surface area contributed by atoms with Crippen molar-refractivity contribution < 1.29 is 4.79 Å². The fraction of sp³-hybridized carbons (Fsp3) is 0.364. The predicted molar refractivity (Wildman–Crippen MR) is 68.0 cm³/mol. The highest BCUT2D eigenvalue weighted by Gasteiger charge is 2.04. The molecule has 0 saturated heterocycles. The fourth-order valence-corrected chi connectivity index (χ4v) is 2.05. The quantitative estimate of drug-likeness (QED) is 0.627. The Bertz CT molecular complexity index is 586. The lowest BCUT2D eigenvalue weighted by molar-refractivity contribution is -0.118. The van der Waals surface area contributed by atoms with Crippen LogP contribution in [0.2, 0.25) is 0 Å². The summed E-state index contributed by atoms with van der Waals surface area (Å²) in [4.78, 5) is 18.0. The highest BCUT2D eigenvalue weighted by molar-refractivity contribution is 7.71. The summed E-state index contributed by atoms with van der Waals surface area (Å²) in [6, 6.07) is 3.81. The number of aromatic amines is 1. The molecule has 2 heterocycles. The Balaban J connectivity index is 2.10. The van der Waals surface area contributed by atoms with E-state index in [1.54, 1.807) is 6.20 Å². The lowest BCUT2D eigenvalue weighted by Gasteiger charge is -2.02. The molecule has 2 rings (SSSR count). The van der Waals surface area contributed by atoms with Crippen LogP contribution in [-0.4, -0.2) is 20.4 Å². The zero-order chi connectivity index (χ0) is 12.3. The molecule has 1 amide bonds. The third-order valence-corrected chi connectivity index (χ3v) is 2.91. The molecule has 2 aromatic rings. The monoisotopic (exact) mass is 250 g/mol. The third kappa shape index (κ3) is 2.71. The fourth-order valence-electron chi connectivity index (χ4n) is 1.77. The van der Waals surface area contributed by atoms with E-state index >= 15 is 0 Å². The lowest BCUT2D eigenvalue weighted by Crippen LogP contribution is -2.10. The van der Waals surface area contributed by atoms with E-state index in [9.17, 15) is 4.79 Å². The maximum absolute atomic E-state index is 10.6. The minimum Gasteiger partial charge on any atom is -0.370 e. The molecule has 0 atom stereocenters. The first kappa shape index (κ1) is 11.8. The number of rotatable bonds is 5. The Morgan fingerprint density at radius 3 is 3.12 bits per heavy atom. The molecule has 90 valence electrons. The molecule has 2 aromatic heterocycles. The molecular formula is C11H14N4OS. The highest BCUT2D eigenvalue weighted by Crippen LogP contribution is 2.11. The number of H-pyrrole nitrogens is 1. The maximum atomic E-state index is 10.6. The van der Waals surface area contributed by atoms with Gasteiger partial charge in [0.05, 0.1) is 5.52 Å². The zero-order valence-electron chi connectivity index (χ0n) is 9.35. The van der Waals surface area contributed by atoms with Crippen LogP contribution in [0.1, 0.15) is 19.3 Å². The molecule has 0 unspecified atom stereocenters. The zero-order valence-corrected chi connectivity index (χ0v) is 10.2. The van der Waals surface area contributed by atoms with Crippen molar-refractivity contribution in [2.45, 2.75) is 25.8 Å². The number of hydrogen-bond donors (Lipinski definition) is 2. The minimum atomic E-state index is -0.259. The molecule has 0 bridgehead atoms. The largest absolute Gasteiger partial charge is 0.370 e. The number of aryl methyl sites for hydroxylation is 1. The number of carbonyl (C=O) groups is 1. The summed E-state index contributed by atoms with van der Waals surface area (Å²) in [6.45, 7) is 0.753. The van der Waals surface area contributed by atoms with E-state index in [-0.39, 0.29) is 5.91 Å². The molecule has 0 radical (unpaired) electrons. The number of imidazole rings is 1. The number of nitrogens with zero attached hydrogens (tertiary/aromatic N) is 2. The number of aromatic nitrogens is 3. The molecule has 0 aliphatic rings. The summed E-state index contributed by atoms with van der Waals surface area (Å²) >= 11 is 5.23. The molecular weight excluding hydrogens is 236 g/mol. The predicted octanol–water partition coefficient (Wildman–Crippen LogP) is 1.75. The second-order valence-corrected chi connectivity index (χ2v) is 4.27. The summed E-state index contributed by atoms with van der Waals surface area (Å²) in [7, 11) is 0. The first-order chi connectivity index (χ1) is 8.18. The van der Waals surface area contributed by atoms with Crippen LogP contribution in [0.4, 0.5) is 0 Å². The van der Waals surface area contributed by atoms with Crippen molar-refractivity contribution >= 4 is 29.3 Å². The van der Waals surface area contributed by atoms with E-state index < -0.39 is 0 Å². The van der Waals surface area contributed by atoms with Crippen LogP contribution < -0.4 is 5.73 Å². The number of amides is 1. The Morgan fingerprint density at radius 2 is 2.35 bits per heavy atom. The van der Waals surface area contributed by atoms with Crippen molar-refractivity contribution in [1.29, 1.82) is 0 Å². The van der Waals surface area contributed by atoms with Gasteiger partial charge >= 0.3 is 0 Å². The smallest absolute Gasteiger partial charge is 0.217 e. The second kappa shape index (κ2) is 5.09. The molecule has 17 heavy (non-hydrogen) atoms. The maximum Gasteiger partial charge on any atom is 0.217 e. The lowest BCUT2D eigenvalue weighted by atomic mass is 10.2. The number of unbranched alkanes of at least 4 members (excludes halogenated alkanes) is 1. The first-order valence-electron chi connectivity index (χ1n) is 5.50. The van der Waals surface area contributed by atoms with Crippen LogP contribution in [0, 0.1) is 4.77 Å². The normalized spacial score (nSPS) is 10.8. The summed E-state index contributed by atoms with van der Waals surface area (Å²) in [6.07, 6.45) is 3.80. The van der Waals surface area contributed by atoms with Crippen molar-refractivity contribution in [3.63, 3.8) is 0 Å². The number of primary amides is 1. The molecule has 0 aliphatic heterocycles. The molecule has 5 nitrogen and oxygen atoms in total. The summed E-state index contributed by atoms with van der Waals surface area (Å²) in [5.74, 6) is -0.259. The van der Waals surface area contributed by atoms with E-state index in [1.165, 1.54) is 0 Å². The van der Waals surface area contributed by atoms with Gasteiger partial charge in [-0.3, -0.25) is 4.79 Å². The Morgan fingerprint density at radius 1 is 1.53 bits per heavy atom. The first-order valence-corrected chi connectivity index (χ1v) is 5.91. The van der Waals surface area contributed by atoms with Crippen molar-refractivity contribution in [1.82, 2.24) is 14.5 Å². The average molecular weight is 250 g/mol. The minimum absolute atomic E-state index is 0.259. The third-order valence-electron chi connectivity index (χ3n) is 2.58. The standard InChI is InChI=1S/C11H14N4OS/c12-9(16)5-1-2-7-15-10-8(14-11(15)17)4-3-6-13-10/h3-4,6H,1-2,5,7H2,(H2,12,16)(H,14,17). The van der Waals surface area contributed by atoms with Crippen LogP contribution in [0.25, 0.3) is 11.2 Å². The average Bonchev–Trinajstić information content (AvgIpc) is 2.60.